The first kappa shape index (κ1) is 13.9. The second-order valence-electron chi connectivity index (χ2n) is 5.14. The molecule has 0 saturated carbocycles. The summed E-state index contributed by atoms with van der Waals surface area (Å²) >= 11 is 0. The van der Waals surface area contributed by atoms with Crippen molar-refractivity contribution in [2.24, 2.45) is 4.99 Å². The Labute approximate surface area is 126 Å². The molecule has 0 bridgehead atoms. The first-order chi connectivity index (χ1) is 10.5. The van der Waals surface area contributed by atoms with Crippen LogP contribution in [0.3, 0.4) is 0 Å². The highest BCUT2D eigenvalue weighted by molar-refractivity contribution is 6.54. The molecule has 2 aromatic rings. The third kappa shape index (κ3) is 2.24. The van der Waals surface area contributed by atoms with E-state index in [1.54, 1.807) is 19.1 Å². The van der Waals surface area contributed by atoms with Crippen molar-refractivity contribution in [1.29, 1.82) is 0 Å². The Hall–Kier alpha value is -3.02. The van der Waals surface area contributed by atoms with Crippen LogP contribution < -0.4 is 5.32 Å². The number of nitro groups is 1. The van der Waals surface area contributed by atoms with Gasteiger partial charge in [0, 0.05) is 17.2 Å². The van der Waals surface area contributed by atoms with Crippen LogP contribution in [0.5, 0.6) is 0 Å². The van der Waals surface area contributed by atoms with E-state index < -0.39 is 4.92 Å². The van der Waals surface area contributed by atoms with Crippen molar-refractivity contribution in [2.45, 2.75) is 13.8 Å². The molecule has 0 fully saturated rings. The van der Waals surface area contributed by atoms with Gasteiger partial charge in [-0.3, -0.25) is 14.9 Å². The third-order valence-corrected chi connectivity index (χ3v) is 3.61. The van der Waals surface area contributed by atoms with Gasteiger partial charge in [-0.15, -0.1) is 0 Å². The van der Waals surface area contributed by atoms with Crippen LogP contribution in [0.1, 0.15) is 16.7 Å². The zero-order valence-electron chi connectivity index (χ0n) is 12.1. The number of fused-ring (bicyclic) bond motifs is 1. The molecular weight excluding hydrogens is 282 g/mol. The van der Waals surface area contributed by atoms with Gasteiger partial charge < -0.3 is 5.32 Å². The van der Waals surface area contributed by atoms with Crippen LogP contribution in [0.15, 0.2) is 41.4 Å². The molecule has 6 heteroatoms. The normalized spacial score (nSPS) is 14.8. The molecule has 0 aliphatic carbocycles. The lowest BCUT2D eigenvalue weighted by molar-refractivity contribution is -0.385. The second kappa shape index (κ2) is 5.07. The smallest absolute Gasteiger partial charge is 0.275 e. The van der Waals surface area contributed by atoms with E-state index in [1.165, 1.54) is 6.07 Å². The number of nitro benzene ring substituents is 1. The quantitative estimate of drug-likeness (QED) is 0.681. The minimum absolute atomic E-state index is 0.00952. The maximum atomic E-state index is 12.1. The molecule has 2 aromatic carbocycles. The van der Waals surface area contributed by atoms with Gasteiger partial charge in [-0.2, -0.15) is 0 Å². The van der Waals surface area contributed by atoms with Crippen LogP contribution in [0.4, 0.5) is 17.1 Å². The van der Waals surface area contributed by atoms with Gasteiger partial charge >= 0.3 is 0 Å². The molecule has 0 unspecified atom stereocenters. The molecule has 22 heavy (non-hydrogen) atoms. The van der Waals surface area contributed by atoms with E-state index in [-0.39, 0.29) is 17.3 Å². The number of aryl methyl sites for hydroxylation is 2. The van der Waals surface area contributed by atoms with Crippen LogP contribution in [-0.2, 0) is 4.79 Å². The van der Waals surface area contributed by atoms with Crippen molar-refractivity contribution in [3.05, 3.63) is 63.2 Å². The van der Waals surface area contributed by atoms with Crippen molar-refractivity contribution in [2.75, 3.05) is 5.32 Å². The Bertz CT molecular complexity index is 841. The van der Waals surface area contributed by atoms with Crippen molar-refractivity contribution in [1.82, 2.24) is 0 Å². The number of nitrogens with one attached hydrogen (secondary N) is 1. The Balaban J connectivity index is 2.11. The number of nitrogens with zero attached hydrogens (tertiary/aromatic N) is 2. The van der Waals surface area contributed by atoms with E-state index in [0.717, 1.165) is 11.3 Å². The van der Waals surface area contributed by atoms with E-state index in [1.807, 2.05) is 25.1 Å². The van der Waals surface area contributed by atoms with Gasteiger partial charge in [-0.05, 0) is 25.5 Å². The minimum Gasteiger partial charge on any atom is -0.320 e. The fraction of sp³-hybridized carbons (Fsp3) is 0.125. The molecule has 0 spiro atoms. The molecule has 0 aromatic heterocycles. The summed E-state index contributed by atoms with van der Waals surface area (Å²) in [7, 11) is 0. The lowest BCUT2D eigenvalue weighted by Crippen LogP contribution is -2.14. The standard InChI is InChI=1S/C16H13N3O3/c1-9-6-7-11(8-13(9)19(21)22)17-15-12-5-3-4-10(2)14(12)18-16(15)20/h3-8H,1-2H3,(H,17,18,20). The Morgan fingerprint density at radius 1 is 1.14 bits per heavy atom. The summed E-state index contributed by atoms with van der Waals surface area (Å²) in [5.74, 6) is -0.299. The van der Waals surface area contributed by atoms with E-state index in [9.17, 15) is 14.9 Å². The summed E-state index contributed by atoms with van der Waals surface area (Å²) in [6, 6.07) is 10.2. The lowest BCUT2D eigenvalue weighted by Gasteiger charge is -2.01. The fourth-order valence-corrected chi connectivity index (χ4v) is 2.43. The summed E-state index contributed by atoms with van der Waals surface area (Å²) in [5, 5.41) is 13.8. The Kier molecular flexibility index (Phi) is 3.21. The van der Waals surface area contributed by atoms with E-state index in [4.69, 9.17) is 0 Å². The molecule has 1 aliphatic rings. The van der Waals surface area contributed by atoms with E-state index >= 15 is 0 Å². The highest BCUT2D eigenvalue weighted by atomic mass is 16.6. The highest BCUT2D eigenvalue weighted by Gasteiger charge is 2.27. The number of carbonyl (C=O) groups is 1. The molecule has 1 amide bonds. The summed E-state index contributed by atoms with van der Waals surface area (Å²) in [6.07, 6.45) is 0. The van der Waals surface area contributed by atoms with Gasteiger partial charge in [0.25, 0.3) is 11.6 Å². The number of anilines is 1. The topological polar surface area (TPSA) is 84.6 Å². The maximum absolute atomic E-state index is 12.1. The van der Waals surface area contributed by atoms with Crippen LogP contribution in [0.2, 0.25) is 0 Å². The highest BCUT2D eigenvalue weighted by Crippen LogP contribution is 2.30. The molecule has 1 N–H and O–H groups in total. The van der Waals surface area contributed by atoms with Crippen molar-refractivity contribution >= 4 is 28.7 Å². The average Bonchev–Trinajstić information content (AvgIpc) is 2.79. The second-order valence-corrected chi connectivity index (χ2v) is 5.14. The van der Waals surface area contributed by atoms with Gasteiger partial charge in [0.05, 0.1) is 16.3 Å². The molecule has 0 atom stereocenters. The van der Waals surface area contributed by atoms with Gasteiger partial charge in [-0.1, -0.05) is 24.3 Å². The van der Waals surface area contributed by atoms with Crippen LogP contribution in [0.25, 0.3) is 0 Å². The van der Waals surface area contributed by atoms with Gasteiger partial charge in [0.15, 0.2) is 0 Å². The van der Waals surface area contributed by atoms with E-state index in [0.29, 0.717) is 16.8 Å². The first-order valence-corrected chi connectivity index (χ1v) is 6.72. The number of hydrogen-bond acceptors (Lipinski definition) is 4. The summed E-state index contributed by atoms with van der Waals surface area (Å²) in [4.78, 5) is 26.9. The summed E-state index contributed by atoms with van der Waals surface area (Å²) in [5.41, 5.74) is 3.62. The van der Waals surface area contributed by atoms with Crippen LogP contribution >= 0.6 is 0 Å². The van der Waals surface area contributed by atoms with Crippen molar-refractivity contribution in [3.63, 3.8) is 0 Å². The summed E-state index contributed by atoms with van der Waals surface area (Å²) in [6.45, 7) is 3.56. The average molecular weight is 295 g/mol. The Morgan fingerprint density at radius 2 is 1.91 bits per heavy atom. The van der Waals surface area contributed by atoms with Crippen LogP contribution in [0, 0.1) is 24.0 Å². The molecule has 1 aliphatic heterocycles. The zero-order valence-corrected chi connectivity index (χ0v) is 12.1. The first-order valence-electron chi connectivity index (χ1n) is 6.72. The molecule has 6 nitrogen and oxygen atoms in total. The lowest BCUT2D eigenvalue weighted by atomic mass is 10.1. The largest absolute Gasteiger partial charge is 0.320 e. The minimum atomic E-state index is -0.453. The van der Waals surface area contributed by atoms with Gasteiger partial charge in [-0.25, -0.2) is 4.99 Å². The molecular formula is C16H13N3O3. The third-order valence-electron chi connectivity index (χ3n) is 3.61. The monoisotopic (exact) mass is 295 g/mol. The molecule has 0 radical (unpaired) electrons. The zero-order chi connectivity index (χ0) is 15.9. The SMILES string of the molecule is Cc1ccc(N=C2C(=O)Nc3c(C)cccc32)cc1[N+](=O)[O-]. The van der Waals surface area contributed by atoms with E-state index in [2.05, 4.69) is 10.3 Å². The predicted molar refractivity (Wildman–Crippen MR) is 83.8 cm³/mol. The van der Waals surface area contributed by atoms with Crippen LogP contribution in [-0.4, -0.2) is 16.5 Å². The number of rotatable bonds is 2. The summed E-state index contributed by atoms with van der Waals surface area (Å²) < 4.78 is 0. The molecule has 0 saturated heterocycles. The molecule has 3 rings (SSSR count). The molecule has 110 valence electrons. The Morgan fingerprint density at radius 3 is 2.64 bits per heavy atom. The number of carbonyl (C=O) groups excluding carboxylic acids is 1. The number of para-hydroxylation sites is 1. The van der Waals surface area contributed by atoms with Gasteiger partial charge in [0.1, 0.15) is 5.71 Å². The predicted octanol–water partition coefficient (Wildman–Crippen LogP) is 3.28. The number of aliphatic imine (C=N–C) groups is 1. The van der Waals surface area contributed by atoms with Crippen molar-refractivity contribution < 1.29 is 9.72 Å². The number of benzene rings is 2. The van der Waals surface area contributed by atoms with Gasteiger partial charge in [0.2, 0.25) is 0 Å². The van der Waals surface area contributed by atoms with Crippen molar-refractivity contribution in [3.8, 4) is 0 Å². The fourth-order valence-electron chi connectivity index (χ4n) is 2.43. The number of hydrogen-bond donors (Lipinski definition) is 1. The number of amides is 1. The molecule has 1 heterocycles. The maximum Gasteiger partial charge on any atom is 0.275 e.